The van der Waals surface area contributed by atoms with Gasteiger partial charge in [0.25, 0.3) is 5.91 Å². The maximum atomic E-state index is 13.3. The Labute approximate surface area is 148 Å². The van der Waals surface area contributed by atoms with Gasteiger partial charge in [-0.25, -0.2) is 8.78 Å². The fourth-order valence-corrected chi connectivity index (χ4v) is 2.65. The first-order valence-electron chi connectivity index (χ1n) is 7.50. The molecule has 6 nitrogen and oxygen atoms in total. The number of halogens is 2. The van der Waals surface area contributed by atoms with Gasteiger partial charge in [0.15, 0.2) is 5.12 Å². The van der Waals surface area contributed by atoms with E-state index in [0.717, 1.165) is 12.1 Å². The molecule has 0 aliphatic heterocycles. The Morgan fingerprint density at radius 1 is 1.24 bits per heavy atom. The molecule has 1 heterocycles. The molecular weight excluding hydrogens is 350 g/mol. The molecule has 1 N–H and O–H groups in total. The summed E-state index contributed by atoms with van der Waals surface area (Å²) in [6.45, 7) is 5.40. The van der Waals surface area contributed by atoms with E-state index in [-0.39, 0.29) is 10.7 Å². The van der Waals surface area contributed by atoms with Gasteiger partial charge in [0.2, 0.25) is 0 Å². The number of thioether (sulfide) groups is 1. The van der Waals surface area contributed by atoms with Crippen LogP contribution in [0.1, 0.15) is 36.8 Å². The summed E-state index contributed by atoms with van der Waals surface area (Å²) < 4.78 is 28.1. The SMILES string of the molecule is CC(=O)SCCn1cc(C(C)(C)NC(=O)c2cc(F)cc(F)c2)nn1. The molecule has 0 unspecified atom stereocenters. The summed E-state index contributed by atoms with van der Waals surface area (Å²) in [5.74, 6) is -1.70. The van der Waals surface area contributed by atoms with E-state index in [0.29, 0.717) is 24.1 Å². The van der Waals surface area contributed by atoms with Crippen molar-refractivity contribution in [2.45, 2.75) is 32.9 Å². The molecule has 0 aliphatic rings. The molecule has 0 aliphatic carbocycles. The normalized spacial score (nSPS) is 11.4. The van der Waals surface area contributed by atoms with Crippen LogP contribution in [0.3, 0.4) is 0 Å². The molecule has 0 fully saturated rings. The van der Waals surface area contributed by atoms with E-state index in [9.17, 15) is 18.4 Å². The van der Waals surface area contributed by atoms with Crippen LogP contribution < -0.4 is 5.32 Å². The van der Waals surface area contributed by atoms with Crippen LogP contribution >= 0.6 is 11.8 Å². The summed E-state index contributed by atoms with van der Waals surface area (Å²) in [6, 6.07) is 2.63. The van der Waals surface area contributed by atoms with Gasteiger partial charge in [0.05, 0.1) is 18.3 Å². The molecule has 1 aromatic heterocycles. The zero-order chi connectivity index (χ0) is 18.6. The van der Waals surface area contributed by atoms with E-state index in [2.05, 4.69) is 15.6 Å². The second-order valence-corrected chi connectivity index (χ2v) is 7.22. The third-order valence-corrected chi connectivity index (χ3v) is 4.15. The van der Waals surface area contributed by atoms with Gasteiger partial charge in [-0.2, -0.15) is 0 Å². The van der Waals surface area contributed by atoms with Crippen LogP contribution in [0, 0.1) is 11.6 Å². The second kappa shape index (κ2) is 7.73. The number of carbonyl (C=O) groups is 2. The summed E-state index contributed by atoms with van der Waals surface area (Å²) in [5, 5.41) is 10.7. The summed E-state index contributed by atoms with van der Waals surface area (Å²) >= 11 is 1.19. The topological polar surface area (TPSA) is 76.9 Å². The molecular formula is C16H18F2N4O2S. The number of benzene rings is 1. The predicted molar refractivity (Wildman–Crippen MR) is 90.0 cm³/mol. The number of hydrogen-bond acceptors (Lipinski definition) is 5. The molecule has 25 heavy (non-hydrogen) atoms. The maximum absolute atomic E-state index is 13.3. The van der Waals surface area contributed by atoms with Crippen molar-refractivity contribution in [3.8, 4) is 0 Å². The van der Waals surface area contributed by atoms with Gasteiger partial charge in [-0.15, -0.1) is 5.10 Å². The zero-order valence-electron chi connectivity index (χ0n) is 14.0. The molecule has 0 atom stereocenters. The lowest BCUT2D eigenvalue weighted by Crippen LogP contribution is -2.41. The smallest absolute Gasteiger partial charge is 0.252 e. The molecule has 0 bridgehead atoms. The van der Waals surface area contributed by atoms with Gasteiger partial charge in [-0.1, -0.05) is 17.0 Å². The lowest BCUT2D eigenvalue weighted by atomic mass is 10.0. The quantitative estimate of drug-likeness (QED) is 0.848. The van der Waals surface area contributed by atoms with E-state index in [1.165, 1.54) is 18.7 Å². The average Bonchev–Trinajstić information content (AvgIpc) is 2.95. The molecule has 0 spiro atoms. The molecule has 9 heteroatoms. The van der Waals surface area contributed by atoms with Crippen molar-refractivity contribution < 1.29 is 18.4 Å². The van der Waals surface area contributed by atoms with Crippen molar-refractivity contribution in [1.29, 1.82) is 0 Å². The summed E-state index contributed by atoms with van der Waals surface area (Å²) in [7, 11) is 0. The summed E-state index contributed by atoms with van der Waals surface area (Å²) in [5.41, 5.74) is -0.521. The Morgan fingerprint density at radius 2 is 1.88 bits per heavy atom. The fraction of sp³-hybridized carbons (Fsp3) is 0.375. The molecule has 134 valence electrons. The number of nitrogens with one attached hydrogen (secondary N) is 1. The van der Waals surface area contributed by atoms with Gasteiger partial charge in [0.1, 0.15) is 17.3 Å². The van der Waals surface area contributed by atoms with Gasteiger partial charge in [-0.05, 0) is 26.0 Å². The molecule has 0 saturated heterocycles. The largest absolute Gasteiger partial charge is 0.341 e. The molecule has 1 amide bonds. The summed E-state index contributed by atoms with van der Waals surface area (Å²) in [4.78, 5) is 23.2. The van der Waals surface area contributed by atoms with Crippen LogP contribution in [0.15, 0.2) is 24.4 Å². The molecule has 2 aromatic rings. The summed E-state index contributed by atoms with van der Waals surface area (Å²) in [6.07, 6.45) is 1.66. The lowest BCUT2D eigenvalue weighted by molar-refractivity contribution is -0.109. The maximum Gasteiger partial charge on any atom is 0.252 e. The Hall–Kier alpha value is -2.29. The standard InChI is InChI=1S/C16H18F2N4O2S/c1-10(23)25-5-4-22-9-14(20-21-22)16(2,3)19-15(24)11-6-12(17)8-13(18)7-11/h6-9H,4-5H2,1-3H3,(H,19,24). The van der Waals surface area contributed by atoms with Gasteiger partial charge in [-0.3, -0.25) is 14.3 Å². The Morgan fingerprint density at radius 3 is 2.48 bits per heavy atom. The Kier molecular flexibility index (Phi) is 5.89. The Balaban J connectivity index is 2.06. The van der Waals surface area contributed by atoms with Gasteiger partial charge < -0.3 is 5.32 Å². The zero-order valence-corrected chi connectivity index (χ0v) is 14.9. The van der Waals surface area contributed by atoms with Gasteiger partial charge in [0, 0.05) is 24.3 Å². The van der Waals surface area contributed by atoms with E-state index >= 15 is 0 Å². The number of carbonyl (C=O) groups excluding carboxylic acids is 2. The van der Waals surface area contributed by atoms with Crippen LogP contribution in [0.4, 0.5) is 8.78 Å². The van der Waals surface area contributed by atoms with E-state index in [1.807, 2.05) is 0 Å². The number of rotatable bonds is 6. The van der Waals surface area contributed by atoms with Crippen LogP contribution in [-0.2, 0) is 16.9 Å². The number of amides is 1. The third-order valence-electron chi connectivity index (χ3n) is 3.36. The lowest BCUT2D eigenvalue weighted by Gasteiger charge is -2.23. The molecule has 0 radical (unpaired) electrons. The van der Waals surface area contributed by atoms with E-state index in [4.69, 9.17) is 0 Å². The highest BCUT2D eigenvalue weighted by molar-refractivity contribution is 8.13. The van der Waals surface area contributed by atoms with Crippen molar-refractivity contribution in [2.75, 3.05) is 5.75 Å². The highest BCUT2D eigenvalue weighted by Gasteiger charge is 2.27. The van der Waals surface area contributed by atoms with Gasteiger partial charge >= 0.3 is 0 Å². The number of hydrogen-bond donors (Lipinski definition) is 1. The van der Waals surface area contributed by atoms with Crippen molar-refractivity contribution in [1.82, 2.24) is 20.3 Å². The first kappa shape index (κ1) is 19.0. The molecule has 2 rings (SSSR count). The van der Waals surface area contributed by atoms with Crippen molar-refractivity contribution in [2.24, 2.45) is 0 Å². The van der Waals surface area contributed by atoms with E-state index < -0.39 is 23.1 Å². The third kappa shape index (κ3) is 5.35. The predicted octanol–water partition coefficient (Wildman–Crippen LogP) is 2.50. The first-order valence-corrected chi connectivity index (χ1v) is 8.48. The minimum atomic E-state index is -0.897. The van der Waals surface area contributed by atoms with E-state index in [1.54, 1.807) is 24.7 Å². The first-order chi connectivity index (χ1) is 11.7. The molecule has 0 saturated carbocycles. The van der Waals surface area contributed by atoms with Crippen LogP contribution in [0.5, 0.6) is 0 Å². The average molecular weight is 368 g/mol. The van der Waals surface area contributed by atoms with Crippen LogP contribution in [0.2, 0.25) is 0 Å². The number of nitrogens with zero attached hydrogens (tertiary/aromatic N) is 3. The number of aromatic nitrogens is 3. The highest BCUT2D eigenvalue weighted by Crippen LogP contribution is 2.19. The van der Waals surface area contributed by atoms with Crippen LogP contribution in [-0.4, -0.2) is 31.8 Å². The molecule has 1 aromatic carbocycles. The Bertz CT molecular complexity index is 772. The highest BCUT2D eigenvalue weighted by atomic mass is 32.2. The van der Waals surface area contributed by atoms with Crippen molar-refractivity contribution in [3.05, 3.63) is 47.3 Å². The van der Waals surface area contributed by atoms with Crippen LogP contribution in [0.25, 0.3) is 0 Å². The van der Waals surface area contributed by atoms with Crippen molar-refractivity contribution in [3.63, 3.8) is 0 Å². The second-order valence-electron chi connectivity index (χ2n) is 5.94. The minimum Gasteiger partial charge on any atom is -0.341 e. The van der Waals surface area contributed by atoms with Crippen molar-refractivity contribution >= 4 is 22.8 Å². The monoisotopic (exact) mass is 368 g/mol. The fourth-order valence-electron chi connectivity index (χ4n) is 2.08. The minimum absolute atomic E-state index is 0.0234. The number of aryl methyl sites for hydroxylation is 1.